The van der Waals surface area contributed by atoms with Crippen LogP contribution < -0.4 is 5.32 Å². The quantitative estimate of drug-likeness (QED) is 0.725. The summed E-state index contributed by atoms with van der Waals surface area (Å²) in [6.07, 6.45) is 2.52. The molecule has 2 atom stereocenters. The first kappa shape index (κ1) is 15.6. The summed E-state index contributed by atoms with van der Waals surface area (Å²) in [5.41, 5.74) is 2.74. The number of aryl methyl sites for hydroxylation is 2. The first-order chi connectivity index (χ1) is 8.52. The van der Waals surface area contributed by atoms with Crippen LogP contribution in [-0.2, 0) is 0 Å². The van der Waals surface area contributed by atoms with Crippen LogP contribution in [0.4, 0.5) is 0 Å². The van der Waals surface area contributed by atoms with Crippen LogP contribution in [0.2, 0.25) is 0 Å². The molecule has 0 amide bonds. The minimum atomic E-state index is 0.616. The van der Waals surface area contributed by atoms with Crippen LogP contribution in [0, 0.1) is 13.8 Å². The Balaban J connectivity index is 2.44. The maximum Gasteiger partial charge on any atom is 0.0191 e. The van der Waals surface area contributed by atoms with Crippen molar-refractivity contribution in [3.05, 3.63) is 29.3 Å². The fourth-order valence-electron chi connectivity index (χ4n) is 1.99. The van der Waals surface area contributed by atoms with Crippen molar-refractivity contribution < 1.29 is 0 Å². The van der Waals surface area contributed by atoms with Gasteiger partial charge in [-0.15, -0.1) is 11.8 Å². The Bertz CT molecular complexity index is 362. The number of thioether (sulfide) groups is 1. The second kappa shape index (κ2) is 7.85. The highest BCUT2D eigenvalue weighted by atomic mass is 32.2. The normalized spacial score (nSPS) is 14.5. The summed E-state index contributed by atoms with van der Waals surface area (Å²) in [6.45, 7) is 12.3. The molecule has 1 rings (SSSR count). The van der Waals surface area contributed by atoms with E-state index >= 15 is 0 Å². The lowest BCUT2D eigenvalue weighted by atomic mass is 10.2. The molecule has 1 aromatic rings. The van der Waals surface area contributed by atoms with Gasteiger partial charge in [0.15, 0.2) is 0 Å². The molecule has 0 spiro atoms. The molecule has 2 heteroatoms. The molecule has 0 aliphatic rings. The van der Waals surface area contributed by atoms with Crippen molar-refractivity contribution in [2.45, 2.75) is 63.6 Å². The van der Waals surface area contributed by atoms with Crippen LogP contribution in [0.25, 0.3) is 0 Å². The summed E-state index contributed by atoms with van der Waals surface area (Å²) in [6, 6.07) is 7.34. The van der Waals surface area contributed by atoms with E-state index in [-0.39, 0.29) is 0 Å². The molecular weight excluding hydrogens is 238 g/mol. The molecule has 0 saturated carbocycles. The number of nitrogens with one attached hydrogen (secondary N) is 1. The maximum absolute atomic E-state index is 3.62. The average Bonchev–Trinajstić information content (AvgIpc) is 2.32. The summed E-state index contributed by atoms with van der Waals surface area (Å²) in [7, 11) is 0. The van der Waals surface area contributed by atoms with Gasteiger partial charge in [-0.25, -0.2) is 0 Å². The van der Waals surface area contributed by atoms with E-state index in [4.69, 9.17) is 0 Å². The number of hydrogen-bond donors (Lipinski definition) is 1. The van der Waals surface area contributed by atoms with Crippen LogP contribution in [0.1, 0.15) is 44.7 Å². The van der Waals surface area contributed by atoms with E-state index in [1.165, 1.54) is 28.9 Å². The Morgan fingerprint density at radius 2 is 1.94 bits per heavy atom. The molecule has 1 aromatic carbocycles. The smallest absolute Gasteiger partial charge is 0.0191 e. The van der Waals surface area contributed by atoms with Crippen LogP contribution >= 0.6 is 11.8 Å². The summed E-state index contributed by atoms with van der Waals surface area (Å²) in [5.74, 6) is 0. The van der Waals surface area contributed by atoms with Crippen LogP contribution in [0.5, 0.6) is 0 Å². The van der Waals surface area contributed by atoms with Gasteiger partial charge in [-0.2, -0.15) is 0 Å². The van der Waals surface area contributed by atoms with Crippen molar-refractivity contribution in [3.8, 4) is 0 Å². The lowest BCUT2D eigenvalue weighted by Crippen LogP contribution is -2.31. The van der Waals surface area contributed by atoms with E-state index < -0.39 is 0 Å². The zero-order valence-corrected chi connectivity index (χ0v) is 13.2. The molecule has 1 N–H and O–H groups in total. The molecule has 0 aliphatic heterocycles. The van der Waals surface area contributed by atoms with Gasteiger partial charge in [-0.1, -0.05) is 38.0 Å². The molecule has 1 nitrogen and oxygen atoms in total. The molecular formula is C16H27NS. The third-order valence-electron chi connectivity index (χ3n) is 3.15. The summed E-state index contributed by atoms with van der Waals surface area (Å²) in [5, 5.41) is 4.23. The monoisotopic (exact) mass is 265 g/mol. The molecule has 0 fully saturated rings. The highest BCUT2D eigenvalue weighted by Gasteiger charge is 2.08. The van der Waals surface area contributed by atoms with Gasteiger partial charge in [0.05, 0.1) is 0 Å². The fraction of sp³-hybridized carbons (Fsp3) is 0.625. The Kier molecular flexibility index (Phi) is 6.80. The maximum atomic E-state index is 3.62. The molecule has 0 bridgehead atoms. The van der Waals surface area contributed by atoms with E-state index in [0.717, 1.165) is 6.54 Å². The van der Waals surface area contributed by atoms with Crippen LogP contribution in [0.15, 0.2) is 23.1 Å². The van der Waals surface area contributed by atoms with Gasteiger partial charge in [0.1, 0.15) is 0 Å². The number of hydrogen-bond acceptors (Lipinski definition) is 2. The van der Waals surface area contributed by atoms with Crippen molar-refractivity contribution in [1.82, 2.24) is 5.32 Å². The van der Waals surface area contributed by atoms with Crippen LogP contribution in [0.3, 0.4) is 0 Å². The minimum Gasteiger partial charge on any atom is -0.313 e. The molecule has 0 saturated heterocycles. The van der Waals surface area contributed by atoms with Crippen molar-refractivity contribution in [1.29, 1.82) is 0 Å². The number of benzene rings is 1. The molecule has 0 heterocycles. The zero-order chi connectivity index (χ0) is 13.5. The van der Waals surface area contributed by atoms with Crippen molar-refractivity contribution in [2.75, 3.05) is 6.54 Å². The van der Waals surface area contributed by atoms with Gasteiger partial charge >= 0.3 is 0 Å². The third-order valence-corrected chi connectivity index (χ3v) is 4.41. The van der Waals surface area contributed by atoms with Gasteiger partial charge in [0, 0.05) is 22.7 Å². The van der Waals surface area contributed by atoms with Gasteiger partial charge < -0.3 is 5.32 Å². The lowest BCUT2D eigenvalue weighted by Gasteiger charge is -2.18. The van der Waals surface area contributed by atoms with Crippen molar-refractivity contribution in [3.63, 3.8) is 0 Å². The van der Waals surface area contributed by atoms with Gasteiger partial charge in [-0.3, -0.25) is 0 Å². The molecule has 2 unspecified atom stereocenters. The van der Waals surface area contributed by atoms with E-state index in [1.54, 1.807) is 0 Å². The summed E-state index contributed by atoms with van der Waals surface area (Å²) in [4.78, 5) is 1.42. The zero-order valence-electron chi connectivity index (χ0n) is 12.4. The van der Waals surface area contributed by atoms with Crippen molar-refractivity contribution in [2.24, 2.45) is 0 Å². The van der Waals surface area contributed by atoms with E-state index in [2.05, 4.69) is 58.1 Å². The Morgan fingerprint density at radius 3 is 2.61 bits per heavy atom. The van der Waals surface area contributed by atoms with Gasteiger partial charge in [0.25, 0.3) is 0 Å². The molecule has 0 aromatic heterocycles. The van der Waals surface area contributed by atoms with Gasteiger partial charge in [-0.05, 0) is 38.8 Å². The predicted octanol–water partition coefficient (Wildman–Crippen LogP) is 4.56. The predicted molar refractivity (Wildman–Crippen MR) is 83.6 cm³/mol. The number of rotatable bonds is 7. The largest absolute Gasteiger partial charge is 0.313 e. The lowest BCUT2D eigenvalue weighted by molar-refractivity contribution is 0.511. The topological polar surface area (TPSA) is 12.0 Å². The first-order valence-electron chi connectivity index (χ1n) is 7.00. The third kappa shape index (κ3) is 5.45. The fourth-order valence-corrected chi connectivity index (χ4v) is 3.12. The van der Waals surface area contributed by atoms with E-state index in [9.17, 15) is 0 Å². The first-order valence-corrected chi connectivity index (χ1v) is 7.88. The van der Waals surface area contributed by atoms with Crippen molar-refractivity contribution >= 4 is 11.8 Å². The average molecular weight is 265 g/mol. The Morgan fingerprint density at radius 1 is 1.22 bits per heavy atom. The highest BCUT2D eigenvalue weighted by Crippen LogP contribution is 2.27. The molecule has 0 radical (unpaired) electrons. The molecule has 102 valence electrons. The van der Waals surface area contributed by atoms with Gasteiger partial charge in [0.2, 0.25) is 0 Å². The molecule has 18 heavy (non-hydrogen) atoms. The van der Waals surface area contributed by atoms with E-state index in [0.29, 0.717) is 11.3 Å². The molecule has 0 aliphatic carbocycles. The van der Waals surface area contributed by atoms with E-state index in [1.807, 2.05) is 11.8 Å². The second-order valence-electron chi connectivity index (χ2n) is 5.30. The minimum absolute atomic E-state index is 0.616. The summed E-state index contributed by atoms with van der Waals surface area (Å²) < 4.78 is 0. The standard InChI is InChI=1S/C16H27NS/c1-6-7-14(4)17-11-15(5)18-16-10-12(2)8-9-13(16)3/h8-10,14-15,17H,6-7,11H2,1-5H3. The SMILES string of the molecule is CCCC(C)NCC(C)Sc1cc(C)ccc1C. The Hall–Kier alpha value is -0.470. The van der Waals surface area contributed by atoms with Crippen LogP contribution in [-0.4, -0.2) is 17.8 Å². The highest BCUT2D eigenvalue weighted by molar-refractivity contribution is 8.00. The summed E-state index contributed by atoms with van der Waals surface area (Å²) >= 11 is 1.98. The second-order valence-corrected chi connectivity index (χ2v) is 6.78. The Labute approximate surface area is 117 Å².